The molecule has 0 heterocycles. The molecule has 0 aromatic carbocycles. The SMILES string of the molecule is CCN=C(N)NOC(C)=O. The lowest BCUT2D eigenvalue weighted by Gasteiger charge is -2.01. The van der Waals surface area contributed by atoms with Crippen molar-refractivity contribution in [2.75, 3.05) is 6.54 Å². The zero-order chi connectivity index (χ0) is 7.98. The number of aliphatic imine (C=N–C) groups is 1. The lowest BCUT2D eigenvalue weighted by molar-refractivity contribution is -0.145. The Labute approximate surface area is 59.2 Å². The molecule has 0 saturated heterocycles. The van der Waals surface area contributed by atoms with Gasteiger partial charge in [-0.3, -0.25) is 9.79 Å². The number of hydrogen-bond donors (Lipinski definition) is 2. The van der Waals surface area contributed by atoms with Crippen LogP contribution < -0.4 is 11.2 Å². The Kier molecular flexibility index (Phi) is 4.02. The molecule has 0 aliphatic rings. The topological polar surface area (TPSA) is 76.7 Å². The summed E-state index contributed by atoms with van der Waals surface area (Å²) in [6.07, 6.45) is 0. The van der Waals surface area contributed by atoms with E-state index in [2.05, 4.69) is 15.3 Å². The second-order valence-electron chi connectivity index (χ2n) is 1.56. The molecule has 0 aliphatic heterocycles. The third kappa shape index (κ3) is 4.89. The molecule has 0 atom stereocenters. The Balaban J connectivity index is 3.48. The minimum absolute atomic E-state index is 0.109. The van der Waals surface area contributed by atoms with Gasteiger partial charge in [0.15, 0.2) is 0 Å². The van der Waals surface area contributed by atoms with E-state index in [1.807, 2.05) is 6.92 Å². The van der Waals surface area contributed by atoms with Gasteiger partial charge in [-0.05, 0) is 6.92 Å². The van der Waals surface area contributed by atoms with E-state index in [1.54, 1.807) is 0 Å². The number of rotatable bonds is 1. The predicted octanol–water partition coefficient (Wildman–Crippen LogP) is -0.611. The predicted molar refractivity (Wildman–Crippen MR) is 37.1 cm³/mol. The minimum atomic E-state index is -0.450. The fourth-order valence-electron chi connectivity index (χ4n) is 0.327. The van der Waals surface area contributed by atoms with E-state index >= 15 is 0 Å². The van der Waals surface area contributed by atoms with Crippen molar-refractivity contribution in [3.8, 4) is 0 Å². The number of hydrogen-bond acceptors (Lipinski definition) is 3. The van der Waals surface area contributed by atoms with Crippen LogP contribution in [0.4, 0.5) is 0 Å². The summed E-state index contributed by atoms with van der Waals surface area (Å²) in [5, 5.41) is 0. The van der Waals surface area contributed by atoms with Crippen LogP contribution in [0.2, 0.25) is 0 Å². The van der Waals surface area contributed by atoms with Gasteiger partial charge >= 0.3 is 5.97 Å². The van der Waals surface area contributed by atoms with Crippen molar-refractivity contribution in [3.05, 3.63) is 0 Å². The summed E-state index contributed by atoms with van der Waals surface area (Å²) >= 11 is 0. The van der Waals surface area contributed by atoms with Crippen LogP contribution in [0.5, 0.6) is 0 Å². The van der Waals surface area contributed by atoms with Crippen molar-refractivity contribution in [3.63, 3.8) is 0 Å². The van der Waals surface area contributed by atoms with Gasteiger partial charge in [-0.25, -0.2) is 0 Å². The highest BCUT2D eigenvalue weighted by molar-refractivity contribution is 5.78. The molecular formula is C5H11N3O2. The zero-order valence-electron chi connectivity index (χ0n) is 6.05. The number of nitrogens with one attached hydrogen (secondary N) is 1. The Morgan fingerprint density at radius 1 is 1.80 bits per heavy atom. The normalized spacial score (nSPS) is 10.8. The first-order valence-corrected chi connectivity index (χ1v) is 2.90. The van der Waals surface area contributed by atoms with Gasteiger partial charge in [-0.1, -0.05) is 0 Å². The van der Waals surface area contributed by atoms with Gasteiger partial charge in [0, 0.05) is 13.5 Å². The van der Waals surface area contributed by atoms with Gasteiger partial charge in [0.05, 0.1) is 0 Å². The van der Waals surface area contributed by atoms with Crippen LogP contribution >= 0.6 is 0 Å². The molecule has 0 saturated carbocycles. The third-order valence-electron chi connectivity index (χ3n) is 0.628. The van der Waals surface area contributed by atoms with Crippen molar-refractivity contribution in [1.82, 2.24) is 5.48 Å². The molecule has 0 amide bonds. The molecule has 0 unspecified atom stereocenters. The molecule has 0 aliphatic carbocycles. The quantitative estimate of drug-likeness (QED) is 0.293. The van der Waals surface area contributed by atoms with Crippen LogP contribution in [0.15, 0.2) is 4.99 Å². The second-order valence-corrected chi connectivity index (χ2v) is 1.56. The van der Waals surface area contributed by atoms with Crippen LogP contribution in [0, 0.1) is 0 Å². The molecule has 0 bridgehead atoms. The highest BCUT2D eigenvalue weighted by atomic mass is 16.7. The zero-order valence-corrected chi connectivity index (χ0v) is 6.05. The second kappa shape index (κ2) is 4.60. The monoisotopic (exact) mass is 145 g/mol. The molecule has 0 radical (unpaired) electrons. The van der Waals surface area contributed by atoms with Crippen molar-refractivity contribution >= 4 is 11.9 Å². The van der Waals surface area contributed by atoms with Gasteiger partial charge in [0.2, 0.25) is 5.96 Å². The van der Waals surface area contributed by atoms with Gasteiger partial charge in [0.25, 0.3) is 0 Å². The summed E-state index contributed by atoms with van der Waals surface area (Å²) in [4.78, 5) is 18.2. The van der Waals surface area contributed by atoms with Crippen LogP contribution in [0.3, 0.4) is 0 Å². The maximum absolute atomic E-state index is 10.2. The molecule has 5 nitrogen and oxygen atoms in total. The Morgan fingerprint density at radius 3 is 2.80 bits per heavy atom. The van der Waals surface area contributed by atoms with Crippen LogP contribution in [0.1, 0.15) is 13.8 Å². The number of nitrogens with two attached hydrogens (primary N) is 1. The minimum Gasteiger partial charge on any atom is -0.368 e. The summed E-state index contributed by atoms with van der Waals surface area (Å²) in [5.74, 6) is -0.341. The maximum Gasteiger partial charge on any atom is 0.329 e. The molecule has 0 aromatic heterocycles. The number of carbonyl (C=O) groups excluding carboxylic acids is 1. The summed E-state index contributed by atoms with van der Waals surface area (Å²) < 4.78 is 0. The van der Waals surface area contributed by atoms with Crippen LogP contribution in [0.25, 0.3) is 0 Å². The van der Waals surface area contributed by atoms with Crippen molar-refractivity contribution < 1.29 is 9.63 Å². The van der Waals surface area contributed by atoms with E-state index in [1.165, 1.54) is 6.92 Å². The van der Waals surface area contributed by atoms with Crippen molar-refractivity contribution in [2.45, 2.75) is 13.8 Å². The molecule has 58 valence electrons. The largest absolute Gasteiger partial charge is 0.368 e. The number of carbonyl (C=O) groups is 1. The lowest BCUT2D eigenvalue weighted by Crippen LogP contribution is -2.33. The number of guanidine groups is 1. The Bertz CT molecular complexity index is 144. The Morgan fingerprint density at radius 2 is 2.40 bits per heavy atom. The lowest BCUT2D eigenvalue weighted by atomic mass is 10.8. The first kappa shape index (κ1) is 8.74. The summed E-state index contributed by atoms with van der Waals surface area (Å²) in [5.41, 5.74) is 7.36. The smallest absolute Gasteiger partial charge is 0.329 e. The first-order chi connectivity index (χ1) is 4.66. The highest BCUT2D eigenvalue weighted by Crippen LogP contribution is 1.69. The molecule has 0 rings (SSSR count). The molecule has 3 N–H and O–H groups in total. The third-order valence-corrected chi connectivity index (χ3v) is 0.628. The first-order valence-electron chi connectivity index (χ1n) is 2.90. The fourth-order valence-corrected chi connectivity index (χ4v) is 0.327. The van der Waals surface area contributed by atoms with Gasteiger partial charge in [-0.2, -0.15) is 5.48 Å². The number of hydroxylamine groups is 1. The van der Waals surface area contributed by atoms with Crippen molar-refractivity contribution in [1.29, 1.82) is 0 Å². The average Bonchev–Trinajstić information content (AvgIpc) is 1.85. The van der Waals surface area contributed by atoms with E-state index in [9.17, 15) is 4.79 Å². The molecule has 5 heteroatoms. The summed E-state index contributed by atoms with van der Waals surface area (Å²) in [7, 11) is 0. The highest BCUT2D eigenvalue weighted by Gasteiger charge is 1.91. The average molecular weight is 145 g/mol. The van der Waals surface area contributed by atoms with Gasteiger partial charge in [0.1, 0.15) is 0 Å². The standard InChI is InChI=1S/C5H11N3O2/c1-3-7-5(6)8-10-4(2)9/h3H2,1-2H3,(H3,6,7,8). The van der Waals surface area contributed by atoms with Gasteiger partial charge in [-0.15, -0.1) is 0 Å². The number of nitrogens with zero attached hydrogens (tertiary/aromatic N) is 1. The van der Waals surface area contributed by atoms with Crippen LogP contribution in [-0.2, 0) is 9.63 Å². The molecule has 10 heavy (non-hydrogen) atoms. The summed E-state index contributed by atoms with van der Waals surface area (Å²) in [6, 6.07) is 0. The van der Waals surface area contributed by atoms with E-state index in [0.717, 1.165) is 0 Å². The van der Waals surface area contributed by atoms with E-state index < -0.39 is 5.97 Å². The van der Waals surface area contributed by atoms with E-state index in [-0.39, 0.29) is 5.96 Å². The van der Waals surface area contributed by atoms with E-state index in [0.29, 0.717) is 6.54 Å². The molecule has 0 fully saturated rings. The molecule has 0 spiro atoms. The molecular weight excluding hydrogens is 134 g/mol. The van der Waals surface area contributed by atoms with Crippen LogP contribution in [-0.4, -0.2) is 18.5 Å². The maximum atomic E-state index is 10.2. The summed E-state index contributed by atoms with van der Waals surface area (Å²) in [6.45, 7) is 3.65. The Hall–Kier alpha value is -1.26. The van der Waals surface area contributed by atoms with Crippen molar-refractivity contribution in [2.24, 2.45) is 10.7 Å². The fraction of sp³-hybridized carbons (Fsp3) is 0.600. The van der Waals surface area contributed by atoms with Gasteiger partial charge < -0.3 is 10.6 Å². The van der Waals surface area contributed by atoms with E-state index in [4.69, 9.17) is 5.73 Å². The molecule has 0 aromatic rings.